The summed E-state index contributed by atoms with van der Waals surface area (Å²) in [5.41, 5.74) is 6.07. The van der Waals surface area contributed by atoms with E-state index in [0.717, 1.165) is 39.2 Å². The largest absolute Gasteiger partial charge is 0.381 e. The molecular formula is C11H21NO2. The van der Waals surface area contributed by atoms with Crippen LogP contribution < -0.4 is 5.73 Å². The van der Waals surface area contributed by atoms with Crippen LogP contribution in [0.25, 0.3) is 0 Å². The summed E-state index contributed by atoms with van der Waals surface area (Å²) in [6.45, 7) is 3.40. The van der Waals surface area contributed by atoms with Crippen molar-refractivity contribution in [3.05, 3.63) is 0 Å². The average molecular weight is 199 g/mol. The Kier molecular flexibility index (Phi) is 3.42. The molecule has 0 spiro atoms. The van der Waals surface area contributed by atoms with E-state index in [0.29, 0.717) is 6.10 Å². The van der Waals surface area contributed by atoms with Gasteiger partial charge in [0.05, 0.1) is 12.7 Å². The van der Waals surface area contributed by atoms with Gasteiger partial charge in [-0.2, -0.15) is 0 Å². The SMILES string of the molecule is NCC1(CC2CCCCO2)CCOC1. The second-order valence-corrected chi connectivity index (χ2v) is 4.70. The summed E-state index contributed by atoms with van der Waals surface area (Å²) in [5, 5.41) is 0. The second-order valence-electron chi connectivity index (χ2n) is 4.70. The maximum atomic E-state index is 5.85. The molecule has 3 heteroatoms. The molecule has 2 unspecified atom stereocenters. The zero-order valence-corrected chi connectivity index (χ0v) is 8.84. The molecule has 0 amide bonds. The van der Waals surface area contributed by atoms with E-state index in [9.17, 15) is 0 Å². The van der Waals surface area contributed by atoms with Crippen LogP contribution in [0.5, 0.6) is 0 Å². The van der Waals surface area contributed by atoms with Gasteiger partial charge >= 0.3 is 0 Å². The smallest absolute Gasteiger partial charge is 0.0581 e. The van der Waals surface area contributed by atoms with Gasteiger partial charge < -0.3 is 15.2 Å². The minimum absolute atomic E-state index is 0.224. The minimum Gasteiger partial charge on any atom is -0.381 e. The van der Waals surface area contributed by atoms with Gasteiger partial charge in [-0.3, -0.25) is 0 Å². The van der Waals surface area contributed by atoms with Crippen molar-refractivity contribution in [1.29, 1.82) is 0 Å². The Morgan fingerprint density at radius 1 is 1.29 bits per heavy atom. The van der Waals surface area contributed by atoms with Crippen molar-refractivity contribution >= 4 is 0 Å². The molecule has 0 aliphatic carbocycles. The molecule has 82 valence electrons. The molecule has 3 nitrogen and oxygen atoms in total. The molecule has 14 heavy (non-hydrogen) atoms. The van der Waals surface area contributed by atoms with Crippen LogP contribution in [-0.2, 0) is 9.47 Å². The van der Waals surface area contributed by atoms with Gasteiger partial charge in [0.2, 0.25) is 0 Å². The van der Waals surface area contributed by atoms with Crippen LogP contribution in [-0.4, -0.2) is 32.5 Å². The topological polar surface area (TPSA) is 44.5 Å². The van der Waals surface area contributed by atoms with Crippen LogP contribution in [0.4, 0.5) is 0 Å². The molecule has 2 fully saturated rings. The van der Waals surface area contributed by atoms with E-state index in [1.807, 2.05) is 0 Å². The van der Waals surface area contributed by atoms with Crippen molar-refractivity contribution in [1.82, 2.24) is 0 Å². The first kappa shape index (κ1) is 10.4. The van der Waals surface area contributed by atoms with Crippen LogP contribution in [0.3, 0.4) is 0 Å². The van der Waals surface area contributed by atoms with Crippen molar-refractivity contribution in [2.75, 3.05) is 26.4 Å². The minimum atomic E-state index is 0.224. The van der Waals surface area contributed by atoms with Crippen LogP contribution in [0.1, 0.15) is 32.1 Å². The highest BCUT2D eigenvalue weighted by atomic mass is 16.5. The molecule has 0 saturated carbocycles. The highest BCUT2D eigenvalue weighted by molar-refractivity contribution is 4.87. The molecule has 2 saturated heterocycles. The van der Waals surface area contributed by atoms with E-state index in [-0.39, 0.29) is 5.41 Å². The Balaban J connectivity index is 1.86. The highest BCUT2D eigenvalue weighted by Crippen LogP contribution is 2.35. The lowest BCUT2D eigenvalue weighted by atomic mass is 9.80. The molecule has 0 aromatic rings. The van der Waals surface area contributed by atoms with E-state index in [1.54, 1.807) is 0 Å². The zero-order valence-electron chi connectivity index (χ0n) is 8.84. The van der Waals surface area contributed by atoms with E-state index >= 15 is 0 Å². The fraction of sp³-hybridized carbons (Fsp3) is 1.00. The Morgan fingerprint density at radius 3 is 2.79 bits per heavy atom. The third-order valence-electron chi connectivity index (χ3n) is 3.55. The van der Waals surface area contributed by atoms with Crippen molar-refractivity contribution in [2.45, 2.75) is 38.2 Å². The van der Waals surface area contributed by atoms with E-state index < -0.39 is 0 Å². The van der Waals surface area contributed by atoms with Gasteiger partial charge in [-0.25, -0.2) is 0 Å². The van der Waals surface area contributed by atoms with Gasteiger partial charge in [0.15, 0.2) is 0 Å². The molecule has 2 rings (SSSR count). The first-order chi connectivity index (χ1) is 6.85. The summed E-state index contributed by atoms with van der Waals surface area (Å²) in [6, 6.07) is 0. The summed E-state index contributed by atoms with van der Waals surface area (Å²) < 4.78 is 11.2. The number of ether oxygens (including phenoxy) is 2. The monoisotopic (exact) mass is 199 g/mol. The molecule has 2 atom stereocenters. The third-order valence-corrected chi connectivity index (χ3v) is 3.55. The summed E-state index contributed by atoms with van der Waals surface area (Å²) in [5.74, 6) is 0. The molecule has 2 N–H and O–H groups in total. The molecule has 0 aromatic carbocycles. The summed E-state index contributed by atoms with van der Waals surface area (Å²) >= 11 is 0. The molecule has 2 aliphatic rings. The van der Waals surface area contributed by atoms with Gasteiger partial charge in [-0.05, 0) is 32.1 Å². The van der Waals surface area contributed by atoms with Crippen molar-refractivity contribution < 1.29 is 9.47 Å². The number of nitrogens with two attached hydrogens (primary N) is 1. The van der Waals surface area contributed by atoms with Gasteiger partial charge in [0, 0.05) is 25.2 Å². The van der Waals surface area contributed by atoms with Crippen LogP contribution in [0.2, 0.25) is 0 Å². The molecular weight excluding hydrogens is 178 g/mol. The number of hydrogen-bond donors (Lipinski definition) is 1. The Bertz CT molecular complexity index is 172. The maximum Gasteiger partial charge on any atom is 0.0581 e. The predicted molar refractivity (Wildman–Crippen MR) is 55.1 cm³/mol. The molecule has 0 aromatic heterocycles. The van der Waals surface area contributed by atoms with Gasteiger partial charge in [-0.15, -0.1) is 0 Å². The third kappa shape index (κ3) is 2.27. The molecule has 0 radical (unpaired) electrons. The lowest BCUT2D eigenvalue weighted by molar-refractivity contribution is -0.0160. The van der Waals surface area contributed by atoms with Gasteiger partial charge in [0.25, 0.3) is 0 Å². The summed E-state index contributed by atoms with van der Waals surface area (Å²) in [4.78, 5) is 0. The normalized spacial score (nSPS) is 38.8. The fourth-order valence-electron chi connectivity index (χ4n) is 2.51. The first-order valence-electron chi connectivity index (χ1n) is 5.74. The van der Waals surface area contributed by atoms with Gasteiger partial charge in [-0.1, -0.05) is 0 Å². The molecule has 2 heterocycles. The second kappa shape index (κ2) is 4.60. The first-order valence-corrected chi connectivity index (χ1v) is 5.74. The molecule has 0 bridgehead atoms. The van der Waals surface area contributed by atoms with Gasteiger partial charge in [0.1, 0.15) is 0 Å². The Hall–Kier alpha value is -0.120. The summed E-state index contributed by atoms with van der Waals surface area (Å²) in [7, 11) is 0. The van der Waals surface area contributed by atoms with Crippen molar-refractivity contribution in [3.8, 4) is 0 Å². The fourth-order valence-corrected chi connectivity index (χ4v) is 2.51. The summed E-state index contributed by atoms with van der Waals surface area (Å²) in [6.07, 6.45) is 6.40. The van der Waals surface area contributed by atoms with Crippen molar-refractivity contribution in [3.63, 3.8) is 0 Å². The highest BCUT2D eigenvalue weighted by Gasteiger charge is 2.36. The number of hydrogen-bond acceptors (Lipinski definition) is 3. The standard InChI is InChI=1S/C11H21NO2/c12-8-11(4-6-13-9-11)7-10-3-1-2-5-14-10/h10H,1-9,12H2. The average Bonchev–Trinajstić information content (AvgIpc) is 2.69. The number of rotatable bonds is 3. The van der Waals surface area contributed by atoms with E-state index in [2.05, 4.69) is 0 Å². The van der Waals surface area contributed by atoms with E-state index in [4.69, 9.17) is 15.2 Å². The van der Waals surface area contributed by atoms with Crippen LogP contribution in [0, 0.1) is 5.41 Å². The quantitative estimate of drug-likeness (QED) is 0.745. The predicted octanol–water partition coefficient (Wildman–Crippen LogP) is 1.31. The Labute approximate surface area is 85.9 Å². The lowest BCUT2D eigenvalue weighted by Crippen LogP contribution is -2.36. The van der Waals surface area contributed by atoms with Crippen molar-refractivity contribution in [2.24, 2.45) is 11.1 Å². The Morgan fingerprint density at radius 2 is 2.21 bits per heavy atom. The zero-order chi connectivity index (χ0) is 9.86. The lowest BCUT2D eigenvalue weighted by Gasteiger charge is -2.32. The molecule has 2 aliphatic heterocycles. The van der Waals surface area contributed by atoms with Crippen LogP contribution in [0.15, 0.2) is 0 Å². The maximum absolute atomic E-state index is 5.85. The van der Waals surface area contributed by atoms with Crippen LogP contribution >= 0.6 is 0 Å². The van der Waals surface area contributed by atoms with E-state index in [1.165, 1.54) is 19.3 Å².